The molecule has 19 heavy (non-hydrogen) atoms. The predicted molar refractivity (Wildman–Crippen MR) is 68.5 cm³/mol. The fourth-order valence-corrected chi connectivity index (χ4v) is 2.30. The largest absolute Gasteiger partial charge is 0.338 e. The van der Waals surface area contributed by atoms with E-state index in [0.29, 0.717) is 13.1 Å². The minimum atomic E-state index is -0.871. The van der Waals surface area contributed by atoms with Gasteiger partial charge in [-0.25, -0.2) is 8.78 Å². The van der Waals surface area contributed by atoms with Crippen molar-refractivity contribution in [2.45, 2.75) is 20.3 Å². The number of amides is 1. The maximum atomic E-state index is 13.6. The average Bonchev–Trinajstić information content (AvgIpc) is 2.68. The highest BCUT2D eigenvalue weighted by Gasteiger charge is 2.32. The van der Waals surface area contributed by atoms with Crippen LogP contribution in [-0.4, -0.2) is 23.9 Å². The van der Waals surface area contributed by atoms with Crippen LogP contribution in [0, 0.1) is 17.0 Å². The van der Waals surface area contributed by atoms with E-state index >= 15 is 0 Å². The van der Waals surface area contributed by atoms with Crippen molar-refractivity contribution in [3.05, 3.63) is 29.3 Å². The van der Waals surface area contributed by atoms with Crippen molar-refractivity contribution in [1.29, 1.82) is 0 Å². The van der Waals surface area contributed by atoms with Crippen LogP contribution in [0.4, 0.5) is 14.5 Å². The van der Waals surface area contributed by atoms with Gasteiger partial charge in [-0.05, 0) is 24.0 Å². The van der Waals surface area contributed by atoms with Gasteiger partial charge in [0.1, 0.15) is 5.69 Å². The third kappa shape index (κ3) is 2.68. The Balaban J connectivity index is 2.26. The Labute approximate surface area is 110 Å². The lowest BCUT2D eigenvalue weighted by atomic mass is 9.93. The van der Waals surface area contributed by atoms with Gasteiger partial charge in [-0.15, -0.1) is 0 Å². The number of carbonyl (C=O) groups excluding carboxylic acids is 1. The fourth-order valence-electron chi connectivity index (χ4n) is 2.30. The molecule has 1 aliphatic rings. The van der Waals surface area contributed by atoms with Crippen molar-refractivity contribution in [2.75, 3.05) is 18.5 Å². The van der Waals surface area contributed by atoms with E-state index in [1.807, 2.05) is 5.43 Å². The van der Waals surface area contributed by atoms with Crippen LogP contribution in [0.3, 0.4) is 0 Å². The summed E-state index contributed by atoms with van der Waals surface area (Å²) >= 11 is 0. The second kappa shape index (κ2) is 4.77. The molecule has 1 amide bonds. The maximum Gasteiger partial charge on any atom is 0.254 e. The first-order valence-electron chi connectivity index (χ1n) is 6.09. The molecule has 2 rings (SSSR count). The summed E-state index contributed by atoms with van der Waals surface area (Å²) in [5.74, 6) is 2.91. The summed E-state index contributed by atoms with van der Waals surface area (Å²) in [6.07, 6.45) is 0.881. The number of anilines is 1. The Morgan fingerprint density at radius 3 is 2.37 bits per heavy atom. The molecule has 0 aromatic heterocycles. The topological polar surface area (TPSA) is 58.4 Å². The predicted octanol–water partition coefficient (Wildman–Crippen LogP) is 2.12. The van der Waals surface area contributed by atoms with Gasteiger partial charge in [-0.1, -0.05) is 13.8 Å². The van der Waals surface area contributed by atoms with Gasteiger partial charge in [0.15, 0.2) is 11.6 Å². The van der Waals surface area contributed by atoms with E-state index in [1.54, 1.807) is 4.90 Å². The van der Waals surface area contributed by atoms with Gasteiger partial charge in [0.2, 0.25) is 0 Å². The molecule has 0 saturated carbocycles. The molecule has 0 spiro atoms. The van der Waals surface area contributed by atoms with Crippen LogP contribution < -0.4 is 11.3 Å². The SMILES string of the molecule is CC1(C)CCN(C(=O)c2cc(F)c(NN)c(F)c2)C1. The van der Waals surface area contributed by atoms with Crippen LogP contribution in [0.15, 0.2) is 12.1 Å². The van der Waals surface area contributed by atoms with Crippen molar-refractivity contribution >= 4 is 11.6 Å². The van der Waals surface area contributed by atoms with Gasteiger partial charge in [-0.2, -0.15) is 0 Å². The fraction of sp³-hybridized carbons (Fsp3) is 0.462. The molecule has 1 aliphatic heterocycles. The first-order chi connectivity index (χ1) is 8.84. The van der Waals surface area contributed by atoms with E-state index in [4.69, 9.17) is 5.84 Å². The monoisotopic (exact) mass is 269 g/mol. The molecule has 0 atom stereocenters. The molecule has 0 radical (unpaired) electrons. The second-order valence-electron chi connectivity index (χ2n) is 5.60. The molecule has 0 bridgehead atoms. The van der Waals surface area contributed by atoms with E-state index in [2.05, 4.69) is 13.8 Å². The standard InChI is InChI=1S/C13H17F2N3O/c1-13(2)3-4-18(7-13)12(19)8-5-9(14)11(17-16)10(15)6-8/h5-6,17H,3-4,7,16H2,1-2H3. The minimum absolute atomic E-state index is 0.00620. The summed E-state index contributed by atoms with van der Waals surface area (Å²) in [6.45, 7) is 5.31. The summed E-state index contributed by atoms with van der Waals surface area (Å²) in [5, 5.41) is 0. The number of nitrogens with two attached hydrogens (primary N) is 1. The van der Waals surface area contributed by atoms with Gasteiger partial charge in [-0.3, -0.25) is 10.6 Å². The summed E-state index contributed by atoms with van der Waals surface area (Å²) in [4.78, 5) is 13.8. The molecule has 6 heteroatoms. The number of nitrogen functional groups attached to an aromatic ring is 1. The quantitative estimate of drug-likeness (QED) is 0.638. The summed E-state index contributed by atoms with van der Waals surface area (Å²) in [6, 6.07) is 2.01. The molecule has 1 saturated heterocycles. The molecular weight excluding hydrogens is 252 g/mol. The molecule has 1 aromatic carbocycles. The van der Waals surface area contributed by atoms with Gasteiger partial charge in [0.25, 0.3) is 5.91 Å². The number of likely N-dealkylation sites (tertiary alicyclic amines) is 1. The van der Waals surface area contributed by atoms with Crippen LogP contribution in [0.1, 0.15) is 30.6 Å². The molecule has 1 aromatic rings. The highest BCUT2D eigenvalue weighted by Crippen LogP contribution is 2.30. The number of hydrogen-bond acceptors (Lipinski definition) is 3. The van der Waals surface area contributed by atoms with Gasteiger partial charge >= 0.3 is 0 Å². The Kier molecular flexibility index (Phi) is 3.45. The van der Waals surface area contributed by atoms with E-state index in [1.165, 1.54) is 0 Å². The lowest BCUT2D eigenvalue weighted by Crippen LogP contribution is -2.30. The van der Waals surface area contributed by atoms with E-state index < -0.39 is 17.3 Å². The Morgan fingerprint density at radius 2 is 1.95 bits per heavy atom. The molecule has 4 nitrogen and oxygen atoms in total. The minimum Gasteiger partial charge on any atom is -0.338 e. The van der Waals surface area contributed by atoms with E-state index in [-0.39, 0.29) is 16.9 Å². The van der Waals surface area contributed by atoms with E-state index in [9.17, 15) is 13.6 Å². The zero-order valence-electron chi connectivity index (χ0n) is 11.0. The second-order valence-corrected chi connectivity index (χ2v) is 5.60. The molecule has 3 N–H and O–H groups in total. The van der Waals surface area contributed by atoms with Crippen LogP contribution >= 0.6 is 0 Å². The zero-order valence-corrected chi connectivity index (χ0v) is 11.0. The number of rotatable bonds is 2. The maximum absolute atomic E-state index is 13.6. The summed E-state index contributed by atoms with van der Waals surface area (Å²) in [5.41, 5.74) is 1.56. The van der Waals surface area contributed by atoms with Crippen molar-refractivity contribution in [1.82, 2.24) is 4.90 Å². The van der Waals surface area contributed by atoms with Crippen LogP contribution in [0.2, 0.25) is 0 Å². The Hall–Kier alpha value is -1.69. The number of hydrazine groups is 1. The lowest BCUT2D eigenvalue weighted by Gasteiger charge is -2.20. The first-order valence-corrected chi connectivity index (χ1v) is 6.09. The van der Waals surface area contributed by atoms with E-state index in [0.717, 1.165) is 18.6 Å². The van der Waals surface area contributed by atoms with Gasteiger partial charge in [0.05, 0.1) is 0 Å². The Bertz CT molecular complexity index is 494. The molecular formula is C13H17F2N3O. The Morgan fingerprint density at radius 1 is 1.37 bits per heavy atom. The third-order valence-electron chi connectivity index (χ3n) is 3.40. The molecule has 0 aliphatic carbocycles. The van der Waals surface area contributed by atoms with Crippen LogP contribution in [0.5, 0.6) is 0 Å². The number of hydrogen-bond donors (Lipinski definition) is 2. The molecule has 0 unspecified atom stereocenters. The highest BCUT2D eigenvalue weighted by atomic mass is 19.1. The number of nitrogens with zero attached hydrogens (tertiary/aromatic N) is 1. The molecule has 1 heterocycles. The normalized spacial score (nSPS) is 17.6. The average molecular weight is 269 g/mol. The highest BCUT2D eigenvalue weighted by molar-refractivity contribution is 5.94. The summed E-state index contributed by atoms with van der Waals surface area (Å²) in [7, 11) is 0. The van der Waals surface area contributed by atoms with Crippen molar-refractivity contribution in [2.24, 2.45) is 11.3 Å². The summed E-state index contributed by atoms with van der Waals surface area (Å²) < 4.78 is 27.1. The number of carbonyl (C=O) groups is 1. The van der Waals surface area contributed by atoms with Crippen LogP contribution in [-0.2, 0) is 0 Å². The van der Waals surface area contributed by atoms with Crippen molar-refractivity contribution in [3.8, 4) is 0 Å². The number of nitrogens with one attached hydrogen (secondary N) is 1. The van der Waals surface area contributed by atoms with Crippen molar-refractivity contribution in [3.63, 3.8) is 0 Å². The smallest absolute Gasteiger partial charge is 0.254 e. The molecule has 104 valence electrons. The molecule has 1 fully saturated rings. The number of benzene rings is 1. The first kappa shape index (κ1) is 13.7. The lowest BCUT2D eigenvalue weighted by molar-refractivity contribution is 0.0777. The van der Waals surface area contributed by atoms with Gasteiger partial charge < -0.3 is 10.3 Å². The number of halogens is 2. The van der Waals surface area contributed by atoms with Crippen LogP contribution in [0.25, 0.3) is 0 Å². The van der Waals surface area contributed by atoms with Crippen molar-refractivity contribution < 1.29 is 13.6 Å². The third-order valence-corrected chi connectivity index (χ3v) is 3.40. The zero-order chi connectivity index (χ0) is 14.2. The van der Waals surface area contributed by atoms with Gasteiger partial charge in [0, 0.05) is 18.7 Å².